The Morgan fingerprint density at radius 2 is 1.83 bits per heavy atom. The Kier molecular flexibility index (Phi) is 4.81. The molecule has 90 valence electrons. The van der Waals surface area contributed by atoms with Crippen molar-refractivity contribution in [3.05, 3.63) is 64.7 Å². The van der Waals surface area contributed by atoms with E-state index in [0.717, 1.165) is 11.3 Å². The monoisotopic (exact) mass is 275 g/mol. The quantitative estimate of drug-likeness (QED) is 0.675. The molecule has 3 nitrogen and oxygen atoms in total. The van der Waals surface area contributed by atoms with Crippen molar-refractivity contribution >= 4 is 22.9 Å². The molecule has 0 N–H and O–H groups in total. The van der Waals surface area contributed by atoms with E-state index in [1.165, 1.54) is 0 Å². The number of aromatic nitrogens is 3. The van der Waals surface area contributed by atoms with Crippen LogP contribution >= 0.6 is 22.9 Å². The summed E-state index contributed by atoms with van der Waals surface area (Å²) in [5.41, 5.74) is 3.50. The van der Waals surface area contributed by atoms with Gasteiger partial charge in [0, 0.05) is 17.1 Å². The van der Waals surface area contributed by atoms with Crippen molar-refractivity contribution in [2.45, 2.75) is 0 Å². The Balaban J connectivity index is 0.000000202. The molecule has 0 bridgehead atoms. The molecule has 0 radical (unpaired) electrons. The summed E-state index contributed by atoms with van der Waals surface area (Å²) in [5.74, 6) is 0. The third-order valence-electron chi connectivity index (χ3n) is 2.07. The lowest BCUT2D eigenvalue weighted by Crippen LogP contribution is -1.86. The van der Waals surface area contributed by atoms with Crippen LogP contribution < -0.4 is 0 Å². The molecule has 18 heavy (non-hydrogen) atoms. The maximum atomic E-state index is 5.96. The van der Waals surface area contributed by atoms with E-state index in [-0.39, 0.29) is 0 Å². The van der Waals surface area contributed by atoms with Crippen molar-refractivity contribution in [3.63, 3.8) is 0 Å². The molecule has 5 heteroatoms. The lowest BCUT2D eigenvalue weighted by Gasteiger charge is -2.00. The molecule has 3 rings (SSSR count). The van der Waals surface area contributed by atoms with Crippen LogP contribution in [-0.4, -0.2) is 15.2 Å². The first kappa shape index (κ1) is 12.7. The van der Waals surface area contributed by atoms with Gasteiger partial charge < -0.3 is 0 Å². The molecule has 0 amide bonds. The second kappa shape index (κ2) is 6.83. The summed E-state index contributed by atoms with van der Waals surface area (Å²) in [6.45, 7) is 0. The minimum Gasteiger partial charge on any atom is -0.253 e. The van der Waals surface area contributed by atoms with Gasteiger partial charge in [-0.2, -0.15) is 5.10 Å². The van der Waals surface area contributed by atoms with E-state index in [0.29, 0.717) is 5.02 Å². The van der Waals surface area contributed by atoms with Crippen molar-refractivity contribution in [2.75, 3.05) is 0 Å². The fraction of sp³-hybridized carbons (Fsp3) is 0. The molecule has 0 saturated carbocycles. The molecule has 1 aromatic carbocycles. The second-order valence-corrected chi connectivity index (χ2v) is 4.43. The van der Waals surface area contributed by atoms with Crippen LogP contribution in [0.5, 0.6) is 0 Å². The van der Waals surface area contributed by atoms with Crippen LogP contribution in [0.4, 0.5) is 0 Å². The number of hydrogen-bond donors (Lipinski definition) is 0. The Morgan fingerprint density at radius 3 is 2.39 bits per heavy atom. The fourth-order valence-corrected chi connectivity index (χ4v) is 1.84. The van der Waals surface area contributed by atoms with Crippen LogP contribution in [0.1, 0.15) is 0 Å². The SMILES string of the molecule is Clc1ccnnc1-c1ccccc1.c1cscn1. The van der Waals surface area contributed by atoms with Crippen LogP contribution in [0.25, 0.3) is 11.3 Å². The third kappa shape index (κ3) is 3.61. The highest BCUT2D eigenvalue weighted by molar-refractivity contribution is 7.07. The van der Waals surface area contributed by atoms with Gasteiger partial charge in [-0.3, -0.25) is 4.98 Å². The predicted octanol–water partition coefficient (Wildman–Crippen LogP) is 3.94. The predicted molar refractivity (Wildman–Crippen MR) is 74.6 cm³/mol. The van der Waals surface area contributed by atoms with Crippen LogP contribution in [0.15, 0.2) is 59.7 Å². The highest BCUT2D eigenvalue weighted by Gasteiger charge is 2.02. The van der Waals surface area contributed by atoms with Crippen LogP contribution in [-0.2, 0) is 0 Å². The normalized spacial score (nSPS) is 9.39. The molecular weight excluding hydrogens is 266 g/mol. The first-order valence-corrected chi connectivity index (χ1v) is 6.55. The Hall–Kier alpha value is -1.78. The van der Waals surface area contributed by atoms with Crippen LogP contribution in [0.2, 0.25) is 5.02 Å². The van der Waals surface area contributed by atoms with Crippen LogP contribution in [0, 0.1) is 0 Å². The van der Waals surface area contributed by atoms with Gasteiger partial charge in [-0.15, -0.1) is 16.4 Å². The Labute approximate surface area is 114 Å². The van der Waals surface area contributed by atoms with E-state index >= 15 is 0 Å². The van der Waals surface area contributed by atoms with Gasteiger partial charge in [0.25, 0.3) is 0 Å². The summed E-state index contributed by atoms with van der Waals surface area (Å²) in [5, 5.41) is 10.3. The molecule has 0 saturated heterocycles. The van der Waals surface area contributed by atoms with Crippen LogP contribution in [0.3, 0.4) is 0 Å². The van der Waals surface area contributed by atoms with Gasteiger partial charge in [-0.25, -0.2) is 0 Å². The summed E-state index contributed by atoms with van der Waals surface area (Å²) >= 11 is 7.56. The summed E-state index contributed by atoms with van der Waals surface area (Å²) in [6.07, 6.45) is 3.35. The lowest BCUT2D eigenvalue weighted by molar-refractivity contribution is 1.04. The molecule has 0 spiro atoms. The van der Waals surface area contributed by atoms with E-state index < -0.39 is 0 Å². The second-order valence-electron chi connectivity index (χ2n) is 3.27. The zero-order valence-corrected chi connectivity index (χ0v) is 11.0. The average Bonchev–Trinajstić information content (AvgIpc) is 2.99. The summed E-state index contributed by atoms with van der Waals surface area (Å²) in [7, 11) is 0. The fourth-order valence-electron chi connectivity index (χ4n) is 1.28. The zero-order chi connectivity index (χ0) is 12.6. The lowest BCUT2D eigenvalue weighted by atomic mass is 10.1. The van der Waals surface area contributed by atoms with E-state index in [2.05, 4.69) is 15.2 Å². The number of thiazole rings is 1. The first-order chi connectivity index (χ1) is 8.88. The molecule has 0 aliphatic rings. The van der Waals surface area contributed by atoms with E-state index in [9.17, 15) is 0 Å². The minimum atomic E-state index is 0.626. The Bertz CT molecular complexity index is 553. The van der Waals surface area contributed by atoms with Gasteiger partial charge in [-0.05, 0) is 6.07 Å². The summed E-state index contributed by atoms with van der Waals surface area (Å²) in [6, 6.07) is 11.5. The number of rotatable bonds is 1. The topological polar surface area (TPSA) is 38.7 Å². The van der Waals surface area contributed by atoms with E-state index in [1.54, 1.807) is 35.3 Å². The van der Waals surface area contributed by atoms with Gasteiger partial charge in [0.2, 0.25) is 0 Å². The number of hydrogen-bond acceptors (Lipinski definition) is 4. The third-order valence-corrected chi connectivity index (χ3v) is 2.89. The Morgan fingerprint density at radius 1 is 1.00 bits per heavy atom. The van der Waals surface area contributed by atoms with Crippen molar-refractivity contribution in [2.24, 2.45) is 0 Å². The largest absolute Gasteiger partial charge is 0.253 e. The molecule has 0 unspecified atom stereocenters. The van der Waals surface area contributed by atoms with Gasteiger partial charge >= 0.3 is 0 Å². The van der Waals surface area contributed by atoms with Crippen molar-refractivity contribution in [1.29, 1.82) is 0 Å². The zero-order valence-electron chi connectivity index (χ0n) is 9.40. The first-order valence-electron chi connectivity index (χ1n) is 5.22. The standard InChI is InChI=1S/C10H7ClN2.C3H3NS/c11-9-6-7-12-13-10(9)8-4-2-1-3-5-8;1-2-5-3-4-1/h1-7H;1-3H. The summed E-state index contributed by atoms with van der Waals surface area (Å²) in [4.78, 5) is 3.74. The molecule has 2 aromatic heterocycles. The van der Waals surface area contributed by atoms with E-state index in [1.807, 2.05) is 35.7 Å². The molecule has 0 fully saturated rings. The number of nitrogens with zero attached hydrogens (tertiary/aromatic N) is 3. The maximum Gasteiger partial charge on any atom is 0.112 e. The number of benzene rings is 1. The van der Waals surface area contributed by atoms with Gasteiger partial charge in [0.15, 0.2) is 0 Å². The molecular formula is C13H10ClN3S. The van der Waals surface area contributed by atoms with Crippen molar-refractivity contribution < 1.29 is 0 Å². The highest BCUT2D eigenvalue weighted by Crippen LogP contribution is 2.23. The molecule has 0 atom stereocenters. The van der Waals surface area contributed by atoms with Gasteiger partial charge in [0.05, 0.1) is 16.7 Å². The summed E-state index contributed by atoms with van der Waals surface area (Å²) < 4.78 is 0. The van der Waals surface area contributed by atoms with Gasteiger partial charge in [-0.1, -0.05) is 41.9 Å². The molecule has 3 aromatic rings. The molecule has 2 heterocycles. The molecule has 0 aliphatic carbocycles. The smallest absolute Gasteiger partial charge is 0.112 e. The van der Waals surface area contributed by atoms with Gasteiger partial charge in [0.1, 0.15) is 5.69 Å². The average molecular weight is 276 g/mol. The highest BCUT2D eigenvalue weighted by atomic mass is 35.5. The van der Waals surface area contributed by atoms with Crippen molar-refractivity contribution in [1.82, 2.24) is 15.2 Å². The maximum absolute atomic E-state index is 5.96. The van der Waals surface area contributed by atoms with E-state index in [4.69, 9.17) is 11.6 Å². The van der Waals surface area contributed by atoms with Crippen molar-refractivity contribution in [3.8, 4) is 11.3 Å². The minimum absolute atomic E-state index is 0.626. The number of halogens is 1. The molecule has 0 aliphatic heterocycles.